The molecule has 19 heavy (non-hydrogen) atoms. The van der Waals surface area contributed by atoms with Crippen molar-refractivity contribution < 1.29 is 0 Å². The number of thiophene rings is 1. The van der Waals surface area contributed by atoms with Crippen molar-refractivity contribution in [3.63, 3.8) is 0 Å². The molecule has 0 radical (unpaired) electrons. The van der Waals surface area contributed by atoms with Crippen molar-refractivity contribution in [3.8, 4) is 0 Å². The van der Waals surface area contributed by atoms with Gasteiger partial charge in [-0.2, -0.15) is 0 Å². The highest BCUT2D eigenvalue weighted by Crippen LogP contribution is 2.27. The molecule has 0 aromatic carbocycles. The van der Waals surface area contributed by atoms with Gasteiger partial charge in [-0.1, -0.05) is 11.6 Å². The number of nitrogens with zero attached hydrogens (tertiary/aromatic N) is 3. The van der Waals surface area contributed by atoms with Gasteiger partial charge in [-0.05, 0) is 26.0 Å². The molecule has 102 valence electrons. The summed E-state index contributed by atoms with van der Waals surface area (Å²) in [6.07, 6.45) is 0. The van der Waals surface area contributed by atoms with Crippen LogP contribution in [0.1, 0.15) is 16.3 Å². The monoisotopic (exact) mass is 296 g/mol. The molecule has 0 aliphatic heterocycles. The van der Waals surface area contributed by atoms with Crippen LogP contribution in [0.15, 0.2) is 12.1 Å². The van der Waals surface area contributed by atoms with Gasteiger partial charge in [0.25, 0.3) is 0 Å². The van der Waals surface area contributed by atoms with Gasteiger partial charge in [0.1, 0.15) is 17.5 Å². The van der Waals surface area contributed by atoms with E-state index in [0.29, 0.717) is 0 Å². The van der Waals surface area contributed by atoms with E-state index >= 15 is 0 Å². The molecular weight excluding hydrogens is 280 g/mol. The molecule has 0 aliphatic rings. The Morgan fingerprint density at radius 3 is 2.63 bits per heavy atom. The molecule has 0 saturated heterocycles. The van der Waals surface area contributed by atoms with Crippen molar-refractivity contribution in [1.29, 1.82) is 0 Å². The maximum atomic E-state index is 5.96. The highest BCUT2D eigenvalue weighted by Gasteiger charge is 2.13. The SMILES string of the molecule is CNc1nc(C)nc(N(C)Cc2ccc(Cl)s2)c1C. The summed E-state index contributed by atoms with van der Waals surface area (Å²) in [5, 5.41) is 3.10. The van der Waals surface area contributed by atoms with Crippen LogP contribution in [0.2, 0.25) is 4.34 Å². The fourth-order valence-electron chi connectivity index (χ4n) is 1.97. The highest BCUT2D eigenvalue weighted by molar-refractivity contribution is 7.16. The number of hydrogen-bond donors (Lipinski definition) is 1. The van der Waals surface area contributed by atoms with Crippen molar-refractivity contribution >= 4 is 34.6 Å². The second-order valence-corrected chi connectivity index (χ2v) is 6.18. The average Bonchev–Trinajstić information content (AvgIpc) is 2.77. The van der Waals surface area contributed by atoms with Crippen LogP contribution in [0.4, 0.5) is 11.6 Å². The minimum atomic E-state index is 0.765. The van der Waals surface area contributed by atoms with Gasteiger partial charge >= 0.3 is 0 Å². The molecule has 0 fully saturated rings. The minimum Gasteiger partial charge on any atom is -0.373 e. The third-order valence-electron chi connectivity index (χ3n) is 2.85. The van der Waals surface area contributed by atoms with E-state index in [2.05, 4.69) is 20.2 Å². The van der Waals surface area contributed by atoms with Gasteiger partial charge in [0, 0.05) is 24.5 Å². The van der Waals surface area contributed by atoms with Crippen molar-refractivity contribution in [2.24, 2.45) is 0 Å². The van der Waals surface area contributed by atoms with E-state index < -0.39 is 0 Å². The highest BCUT2D eigenvalue weighted by atomic mass is 35.5. The summed E-state index contributed by atoms with van der Waals surface area (Å²) in [5.74, 6) is 2.58. The van der Waals surface area contributed by atoms with Gasteiger partial charge in [-0.25, -0.2) is 9.97 Å². The molecule has 0 atom stereocenters. The van der Waals surface area contributed by atoms with E-state index in [-0.39, 0.29) is 0 Å². The number of halogens is 1. The van der Waals surface area contributed by atoms with Crippen molar-refractivity contribution in [2.75, 3.05) is 24.3 Å². The molecule has 0 spiro atoms. The molecule has 0 unspecified atom stereocenters. The zero-order valence-electron chi connectivity index (χ0n) is 11.5. The van der Waals surface area contributed by atoms with Gasteiger partial charge in [0.15, 0.2) is 0 Å². The Kier molecular flexibility index (Phi) is 4.27. The van der Waals surface area contributed by atoms with E-state index in [9.17, 15) is 0 Å². The largest absolute Gasteiger partial charge is 0.373 e. The predicted octanol–water partition coefficient (Wildman–Crippen LogP) is 3.49. The standard InChI is InChI=1S/C13H17ClN4S/c1-8-12(15-3)16-9(2)17-13(8)18(4)7-10-5-6-11(14)19-10/h5-6H,7H2,1-4H3,(H,15,16,17). The molecule has 1 N–H and O–H groups in total. The average molecular weight is 297 g/mol. The maximum absolute atomic E-state index is 5.96. The Bertz CT molecular complexity index is 582. The zero-order chi connectivity index (χ0) is 14.0. The summed E-state index contributed by atoms with van der Waals surface area (Å²) in [5.41, 5.74) is 1.05. The smallest absolute Gasteiger partial charge is 0.137 e. The third kappa shape index (κ3) is 3.16. The Balaban J connectivity index is 2.28. The summed E-state index contributed by atoms with van der Waals surface area (Å²) in [4.78, 5) is 12.2. The molecule has 0 bridgehead atoms. The van der Waals surface area contributed by atoms with Gasteiger partial charge in [0.2, 0.25) is 0 Å². The quantitative estimate of drug-likeness (QED) is 0.938. The molecule has 2 heterocycles. The Morgan fingerprint density at radius 1 is 1.32 bits per heavy atom. The van der Waals surface area contributed by atoms with Gasteiger partial charge < -0.3 is 10.2 Å². The molecule has 2 rings (SSSR count). The molecular formula is C13H17ClN4S. The van der Waals surface area contributed by atoms with Crippen LogP contribution in [0.5, 0.6) is 0 Å². The summed E-state index contributed by atoms with van der Waals surface area (Å²) in [7, 11) is 3.90. The summed E-state index contributed by atoms with van der Waals surface area (Å²) >= 11 is 7.55. The molecule has 2 aromatic heterocycles. The second-order valence-electron chi connectivity index (χ2n) is 4.38. The van der Waals surface area contributed by atoms with E-state index in [0.717, 1.165) is 33.9 Å². The molecule has 0 saturated carbocycles. The fourth-order valence-corrected chi connectivity index (χ4v) is 3.12. The number of rotatable bonds is 4. The first-order chi connectivity index (χ1) is 9.01. The Hall–Kier alpha value is -1.33. The number of anilines is 2. The van der Waals surface area contributed by atoms with Crippen LogP contribution in [0.25, 0.3) is 0 Å². The zero-order valence-corrected chi connectivity index (χ0v) is 13.1. The lowest BCUT2D eigenvalue weighted by Gasteiger charge is -2.21. The van der Waals surface area contributed by atoms with E-state index in [1.807, 2.05) is 40.1 Å². The molecule has 0 aliphatic carbocycles. The topological polar surface area (TPSA) is 41.1 Å². The number of aromatic nitrogens is 2. The summed E-state index contributed by atoms with van der Waals surface area (Å²) in [6.45, 7) is 4.72. The van der Waals surface area contributed by atoms with Crippen molar-refractivity contribution in [1.82, 2.24) is 9.97 Å². The second kappa shape index (κ2) is 5.75. The van der Waals surface area contributed by atoms with Crippen LogP contribution in [-0.2, 0) is 6.54 Å². The summed E-state index contributed by atoms with van der Waals surface area (Å²) in [6, 6.07) is 3.97. The van der Waals surface area contributed by atoms with Gasteiger partial charge in [-0.15, -0.1) is 11.3 Å². The van der Waals surface area contributed by atoms with Crippen LogP contribution < -0.4 is 10.2 Å². The number of nitrogens with one attached hydrogen (secondary N) is 1. The van der Waals surface area contributed by atoms with Crippen LogP contribution >= 0.6 is 22.9 Å². The first kappa shape index (κ1) is 14.1. The molecule has 0 amide bonds. The molecule has 4 nitrogen and oxygen atoms in total. The first-order valence-corrected chi connectivity index (χ1v) is 7.19. The van der Waals surface area contributed by atoms with Crippen molar-refractivity contribution in [2.45, 2.75) is 20.4 Å². The van der Waals surface area contributed by atoms with Crippen molar-refractivity contribution in [3.05, 3.63) is 32.7 Å². The number of aryl methyl sites for hydroxylation is 1. The molecule has 6 heteroatoms. The lowest BCUT2D eigenvalue weighted by atomic mass is 10.2. The fraction of sp³-hybridized carbons (Fsp3) is 0.385. The first-order valence-electron chi connectivity index (χ1n) is 5.99. The van der Waals surface area contributed by atoms with Crippen LogP contribution in [0, 0.1) is 13.8 Å². The Labute approximate surface area is 122 Å². The normalized spacial score (nSPS) is 10.6. The van der Waals surface area contributed by atoms with E-state index in [1.54, 1.807) is 11.3 Å². The Morgan fingerprint density at radius 2 is 2.05 bits per heavy atom. The summed E-state index contributed by atoms with van der Waals surface area (Å²) < 4.78 is 0.815. The maximum Gasteiger partial charge on any atom is 0.137 e. The van der Waals surface area contributed by atoms with E-state index in [4.69, 9.17) is 11.6 Å². The third-order valence-corrected chi connectivity index (χ3v) is 4.07. The number of hydrogen-bond acceptors (Lipinski definition) is 5. The predicted molar refractivity (Wildman–Crippen MR) is 82.5 cm³/mol. The minimum absolute atomic E-state index is 0.765. The molecule has 2 aromatic rings. The van der Waals surface area contributed by atoms with Gasteiger partial charge in [0.05, 0.1) is 10.9 Å². The van der Waals surface area contributed by atoms with Crippen LogP contribution in [-0.4, -0.2) is 24.1 Å². The van der Waals surface area contributed by atoms with Gasteiger partial charge in [-0.3, -0.25) is 0 Å². The lowest BCUT2D eigenvalue weighted by Crippen LogP contribution is -2.19. The van der Waals surface area contributed by atoms with Crippen LogP contribution in [0.3, 0.4) is 0 Å². The lowest BCUT2D eigenvalue weighted by molar-refractivity contribution is 0.881. The van der Waals surface area contributed by atoms with E-state index in [1.165, 1.54) is 4.88 Å².